The van der Waals surface area contributed by atoms with Gasteiger partial charge in [0.25, 0.3) is 0 Å². The van der Waals surface area contributed by atoms with E-state index in [2.05, 4.69) is 51.4 Å². The van der Waals surface area contributed by atoms with Crippen molar-refractivity contribution in [2.24, 2.45) is 5.73 Å². The number of ether oxygens (including phenoxy) is 2. The molecule has 0 heterocycles. The topological polar surface area (TPSA) is 73.6 Å². The molecule has 1 aromatic rings. The van der Waals surface area contributed by atoms with Gasteiger partial charge in [0.05, 0.1) is 19.8 Å². The molecule has 0 radical (unpaired) electrons. The van der Waals surface area contributed by atoms with Crippen LogP contribution in [-0.2, 0) is 19.7 Å². The van der Waals surface area contributed by atoms with Crippen molar-refractivity contribution in [1.29, 1.82) is 0 Å². The third-order valence-corrected chi connectivity index (χ3v) is 5.87. The number of amides is 1. The fourth-order valence-electron chi connectivity index (χ4n) is 2.50. The third kappa shape index (κ3) is 8.31. The van der Waals surface area contributed by atoms with Gasteiger partial charge in [-0.3, -0.25) is 4.79 Å². The minimum atomic E-state index is -0.164. The molecule has 0 bridgehead atoms. The summed E-state index contributed by atoms with van der Waals surface area (Å²) in [6.45, 7) is 10.6. The van der Waals surface area contributed by atoms with Gasteiger partial charge in [-0.15, -0.1) is 0 Å². The molecule has 0 aliphatic carbocycles. The molecule has 0 spiro atoms. The first kappa shape index (κ1) is 23.3. The van der Waals surface area contributed by atoms with Crippen molar-refractivity contribution in [1.82, 2.24) is 0 Å². The lowest BCUT2D eigenvalue weighted by Crippen LogP contribution is -2.21. The van der Waals surface area contributed by atoms with Crippen molar-refractivity contribution in [2.75, 3.05) is 44.5 Å². The standard InChI is InChI=1S/C19H32N2O3S2/c1-14(26-25-5)16-7-6-15(12-17(16)19(2,3)4)21-18(22)13-24-11-10-23-9-8-20/h6-7,12,14H,8-11,13,20H2,1-5H3,(H,21,22). The maximum absolute atomic E-state index is 12.1. The quantitative estimate of drug-likeness (QED) is 0.432. The van der Waals surface area contributed by atoms with E-state index >= 15 is 0 Å². The summed E-state index contributed by atoms with van der Waals surface area (Å²) in [6.07, 6.45) is 2.09. The SMILES string of the molecule is CSSC(C)c1ccc(NC(=O)COCCOCCN)cc1C(C)(C)C. The predicted octanol–water partition coefficient (Wildman–Crippen LogP) is 3.99. The summed E-state index contributed by atoms with van der Waals surface area (Å²) < 4.78 is 10.5. The van der Waals surface area contributed by atoms with Crippen molar-refractivity contribution in [3.63, 3.8) is 0 Å². The Morgan fingerprint density at radius 2 is 1.92 bits per heavy atom. The average molecular weight is 401 g/mol. The summed E-state index contributed by atoms with van der Waals surface area (Å²) in [5.74, 6) is -0.164. The molecule has 26 heavy (non-hydrogen) atoms. The van der Waals surface area contributed by atoms with Crippen LogP contribution in [0.5, 0.6) is 0 Å². The lowest BCUT2D eigenvalue weighted by Gasteiger charge is -2.26. The van der Waals surface area contributed by atoms with Gasteiger partial charge in [-0.25, -0.2) is 0 Å². The number of carbonyl (C=O) groups is 1. The van der Waals surface area contributed by atoms with Crippen LogP contribution in [-0.4, -0.2) is 45.1 Å². The van der Waals surface area contributed by atoms with E-state index in [-0.39, 0.29) is 17.9 Å². The van der Waals surface area contributed by atoms with Gasteiger partial charge >= 0.3 is 0 Å². The van der Waals surface area contributed by atoms with Crippen molar-refractivity contribution in [2.45, 2.75) is 38.4 Å². The van der Waals surface area contributed by atoms with E-state index < -0.39 is 0 Å². The number of anilines is 1. The van der Waals surface area contributed by atoms with Crippen LogP contribution in [0, 0.1) is 0 Å². The van der Waals surface area contributed by atoms with Crippen LogP contribution in [0.2, 0.25) is 0 Å². The maximum Gasteiger partial charge on any atom is 0.250 e. The molecule has 0 saturated carbocycles. The largest absolute Gasteiger partial charge is 0.378 e. The predicted molar refractivity (Wildman–Crippen MR) is 114 cm³/mol. The Hall–Kier alpha value is -0.730. The number of benzene rings is 1. The molecule has 1 amide bonds. The fraction of sp³-hybridized carbons (Fsp3) is 0.632. The Morgan fingerprint density at radius 3 is 2.54 bits per heavy atom. The second kappa shape index (κ2) is 11.9. The van der Waals surface area contributed by atoms with Gasteiger partial charge in [-0.1, -0.05) is 48.4 Å². The zero-order chi connectivity index (χ0) is 19.6. The first-order valence-corrected chi connectivity index (χ1v) is 11.4. The van der Waals surface area contributed by atoms with Gasteiger partial charge in [0.1, 0.15) is 6.61 Å². The molecule has 1 atom stereocenters. The Balaban J connectivity index is 2.68. The number of hydrogen-bond donors (Lipinski definition) is 2. The summed E-state index contributed by atoms with van der Waals surface area (Å²) >= 11 is 0. The molecule has 0 aromatic heterocycles. The fourth-order valence-corrected chi connectivity index (χ4v) is 4.27. The van der Waals surface area contributed by atoms with Crippen molar-refractivity contribution >= 4 is 33.2 Å². The van der Waals surface area contributed by atoms with Gasteiger partial charge in [-0.2, -0.15) is 0 Å². The van der Waals surface area contributed by atoms with Crippen LogP contribution < -0.4 is 11.1 Å². The molecule has 1 unspecified atom stereocenters. The highest BCUT2D eigenvalue weighted by Gasteiger charge is 2.22. The van der Waals surface area contributed by atoms with Crippen molar-refractivity contribution in [3.05, 3.63) is 29.3 Å². The molecule has 0 aliphatic rings. The highest BCUT2D eigenvalue weighted by atomic mass is 33.1. The van der Waals surface area contributed by atoms with Crippen molar-refractivity contribution in [3.8, 4) is 0 Å². The number of carbonyl (C=O) groups excluding carboxylic acids is 1. The molecule has 1 aromatic carbocycles. The summed E-state index contributed by atoms with van der Waals surface area (Å²) in [4.78, 5) is 12.1. The minimum Gasteiger partial charge on any atom is -0.378 e. The molecule has 0 fully saturated rings. The molecule has 3 N–H and O–H groups in total. The van der Waals surface area contributed by atoms with Crippen LogP contribution in [0.15, 0.2) is 18.2 Å². The van der Waals surface area contributed by atoms with E-state index in [1.165, 1.54) is 11.1 Å². The van der Waals surface area contributed by atoms with Gasteiger partial charge < -0.3 is 20.5 Å². The molecule has 5 nitrogen and oxygen atoms in total. The minimum absolute atomic E-state index is 0.000129. The monoisotopic (exact) mass is 400 g/mol. The van der Waals surface area contributed by atoms with Crippen LogP contribution >= 0.6 is 21.6 Å². The number of nitrogens with two attached hydrogens (primary N) is 1. The van der Waals surface area contributed by atoms with Crippen LogP contribution in [0.3, 0.4) is 0 Å². The van der Waals surface area contributed by atoms with E-state index in [4.69, 9.17) is 15.2 Å². The first-order valence-electron chi connectivity index (χ1n) is 8.79. The van der Waals surface area contributed by atoms with Crippen LogP contribution in [0.25, 0.3) is 0 Å². The highest BCUT2D eigenvalue weighted by Crippen LogP contribution is 2.41. The Labute approximate surface area is 165 Å². The molecule has 7 heteroatoms. The summed E-state index contributed by atoms with van der Waals surface area (Å²) in [5.41, 5.74) is 8.69. The summed E-state index contributed by atoms with van der Waals surface area (Å²) in [6, 6.07) is 6.16. The number of nitrogens with one attached hydrogen (secondary N) is 1. The second-order valence-corrected chi connectivity index (χ2v) is 9.77. The first-order chi connectivity index (χ1) is 12.3. The Bertz CT molecular complexity index is 562. The summed E-state index contributed by atoms with van der Waals surface area (Å²) in [7, 11) is 3.61. The van der Waals surface area contributed by atoms with Gasteiger partial charge in [-0.05, 0) is 41.9 Å². The normalized spacial score (nSPS) is 12.8. The maximum atomic E-state index is 12.1. The Morgan fingerprint density at radius 1 is 1.23 bits per heavy atom. The van der Waals surface area contributed by atoms with Crippen molar-refractivity contribution < 1.29 is 14.3 Å². The van der Waals surface area contributed by atoms with Crippen LogP contribution in [0.4, 0.5) is 5.69 Å². The van der Waals surface area contributed by atoms with E-state index in [9.17, 15) is 4.79 Å². The lowest BCUT2D eigenvalue weighted by atomic mass is 9.82. The van der Waals surface area contributed by atoms with E-state index in [0.29, 0.717) is 31.6 Å². The molecular formula is C19H32N2O3S2. The highest BCUT2D eigenvalue weighted by molar-refractivity contribution is 8.76. The van der Waals surface area contributed by atoms with Gasteiger partial charge in [0.2, 0.25) is 5.91 Å². The molecule has 0 saturated heterocycles. The zero-order valence-corrected chi connectivity index (χ0v) is 18.1. The lowest BCUT2D eigenvalue weighted by molar-refractivity contribution is -0.121. The van der Waals surface area contributed by atoms with E-state index in [1.54, 1.807) is 10.8 Å². The second-order valence-electron chi connectivity index (χ2n) is 6.96. The average Bonchev–Trinajstić information content (AvgIpc) is 2.57. The van der Waals surface area contributed by atoms with E-state index in [0.717, 1.165) is 5.69 Å². The smallest absolute Gasteiger partial charge is 0.250 e. The van der Waals surface area contributed by atoms with Crippen LogP contribution in [0.1, 0.15) is 44.1 Å². The summed E-state index contributed by atoms with van der Waals surface area (Å²) in [5, 5.41) is 3.31. The zero-order valence-electron chi connectivity index (χ0n) is 16.5. The Kier molecular flexibility index (Phi) is 10.6. The third-order valence-electron chi connectivity index (χ3n) is 3.69. The molecule has 148 valence electrons. The molecule has 1 rings (SSSR count). The molecule has 0 aliphatic heterocycles. The van der Waals surface area contributed by atoms with Gasteiger partial charge in [0, 0.05) is 17.5 Å². The molecular weight excluding hydrogens is 368 g/mol. The van der Waals surface area contributed by atoms with E-state index in [1.807, 2.05) is 16.9 Å². The number of hydrogen-bond acceptors (Lipinski definition) is 6. The van der Waals surface area contributed by atoms with Gasteiger partial charge in [0.15, 0.2) is 0 Å². The number of rotatable bonds is 11.